The molecule has 9 nitrogen and oxygen atoms in total. The highest BCUT2D eigenvalue weighted by molar-refractivity contribution is 5.91. The summed E-state index contributed by atoms with van der Waals surface area (Å²) in [6.07, 6.45) is 6.70. The van der Waals surface area contributed by atoms with Crippen LogP contribution in [0.5, 0.6) is 0 Å². The second-order valence-corrected chi connectivity index (χ2v) is 9.83. The van der Waals surface area contributed by atoms with Crippen LogP contribution >= 0.6 is 0 Å². The van der Waals surface area contributed by atoms with Crippen LogP contribution in [0.15, 0.2) is 36.7 Å². The molecule has 0 amide bonds. The zero-order valence-electron chi connectivity index (χ0n) is 22.1. The predicted molar refractivity (Wildman–Crippen MR) is 146 cm³/mol. The van der Waals surface area contributed by atoms with E-state index in [0.717, 1.165) is 56.7 Å². The molecule has 3 heterocycles. The standard InChI is InChI=1S/C28H37FN6O3/c1-19(38-2)17-35(15-4-3-8-21-12-11-20-7-6-14-30-26(20)33-21)16-13-24(28(36)37)34-27-22-9-5-10-23(29)25(22)31-18-32-27/h5,9-12,18-19,24H,3-4,6-8,13-17H2,1-2H3,(H,30,33)(H,36,37)(H,31,32,34)/t19-,24+/m1/s1. The minimum absolute atomic E-state index is 0.0217. The van der Waals surface area contributed by atoms with Crippen LogP contribution in [0.25, 0.3) is 10.9 Å². The van der Waals surface area contributed by atoms with E-state index in [0.29, 0.717) is 30.7 Å². The summed E-state index contributed by atoms with van der Waals surface area (Å²) >= 11 is 0. The second-order valence-electron chi connectivity index (χ2n) is 9.83. The van der Waals surface area contributed by atoms with Gasteiger partial charge in [0.05, 0.1) is 6.10 Å². The first-order valence-corrected chi connectivity index (χ1v) is 13.3. The lowest BCUT2D eigenvalue weighted by molar-refractivity contribution is -0.138. The van der Waals surface area contributed by atoms with Crippen molar-refractivity contribution in [3.8, 4) is 0 Å². The van der Waals surface area contributed by atoms with Crippen LogP contribution in [0.2, 0.25) is 0 Å². The van der Waals surface area contributed by atoms with Crippen LogP contribution in [-0.2, 0) is 22.4 Å². The molecule has 0 spiro atoms. The quantitative estimate of drug-likeness (QED) is 0.268. The molecule has 1 aliphatic rings. The first-order valence-electron chi connectivity index (χ1n) is 13.3. The molecule has 0 radical (unpaired) electrons. The van der Waals surface area contributed by atoms with Gasteiger partial charge in [0.15, 0.2) is 0 Å². The Bertz CT molecular complexity index is 1230. The summed E-state index contributed by atoms with van der Waals surface area (Å²) < 4.78 is 19.6. The van der Waals surface area contributed by atoms with Crippen molar-refractivity contribution in [2.45, 2.75) is 57.6 Å². The Morgan fingerprint density at radius 2 is 2.11 bits per heavy atom. The number of hydrogen-bond acceptors (Lipinski definition) is 8. The SMILES string of the molecule is CO[C@H](C)CN(CCCCc1ccc2c(n1)NCCC2)CC[C@H](Nc1ncnc2c(F)cccc12)C(=O)O. The fraction of sp³-hybridized carbons (Fsp3) is 0.500. The number of aryl methyl sites for hydroxylation is 2. The summed E-state index contributed by atoms with van der Waals surface area (Å²) in [4.78, 5) is 27.3. The number of para-hydroxylation sites is 1. The second kappa shape index (κ2) is 13.4. The molecule has 3 aromatic rings. The minimum Gasteiger partial charge on any atom is -0.480 e. The van der Waals surface area contributed by atoms with Gasteiger partial charge in [-0.05, 0) is 75.8 Å². The molecule has 204 valence electrons. The maximum atomic E-state index is 14.1. The molecule has 0 fully saturated rings. The fourth-order valence-electron chi connectivity index (χ4n) is 4.78. The molecule has 0 unspecified atom stereocenters. The van der Waals surface area contributed by atoms with Crippen LogP contribution in [-0.4, -0.2) is 76.4 Å². The number of nitrogens with one attached hydrogen (secondary N) is 2. The number of fused-ring (bicyclic) bond motifs is 2. The number of pyridine rings is 1. The third-order valence-corrected chi connectivity index (χ3v) is 6.99. The van der Waals surface area contributed by atoms with E-state index in [1.807, 2.05) is 6.92 Å². The average molecular weight is 525 g/mol. The van der Waals surface area contributed by atoms with Gasteiger partial charge >= 0.3 is 5.97 Å². The summed E-state index contributed by atoms with van der Waals surface area (Å²) in [6, 6.07) is 7.99. The van der Waals surface area contributed by atoms with Crippen LogP contribution < -0.4 is 10.6 Å². The summed E-state index contributed by atoms with van der Waals surface area (Å²) in [6.45, 7) is 5.07. The van der Waals surface area contributed by atoms with Gasteiger partial charge in [-0.15, -0.1) is 0 Å². The van der Waals surface area contributed by atoms with E-state index in [4.69, 9.17) is 9.72 Å². The van der Waals surface area contributed by atoms with Crippen molar-refractivity contribution in [2.24, 2.45) is 0 Å². The molecule has 38 heavy (non-hydrogen) atoms. The maximum Gasteiger partial charge on any atom is 0.326 e. The molecule has 0 saturated carbocycles. The van der Waals surface area contributed by atoms with Crippen molar-refractivity contribution in [1.29, 1.82) is 0 Å². The Morgan fingerprint density at radius 3 is 2.92 bits per heavy atom. The molecular formula is C28H37FN6O3. The Morgan fingerprint density at radius 1 is 1.24 bits per heavy atom. The van der Waals surface area contributed by atoms with Crippen LogP contribution in [0.4, 0.5) is 16.0 Å². The molecule has 0 aliphatic carbocycles. The summed E-state index contributed by atoms with van der Waals surface area (Å²) in [5.74, 6) is -0.122. The number of ether oxygens (including phenoxy) is 1. The van der Waals surface area contributed by atoms with E-state index in [1.54, 1.807) is 19.2 Å². The number of unbranched alkanes of at least 4 members (excludes halogenated alkanes) is 1. The van der Waals surface area contributed by atoms with Gasteiger partial charge in [0.25, 0.3) is 0 Å². The zero-order valence-corrected chi connectivity index (χ0v) is 22.1. The van der Waals surface area contributed by atoms with Crippen molar-refractivity contribution in [1.82, 2.24) is 19.9 Å². The largest absolute Gasteiger partial charge is 0.480 e. The van der Waals surface area contributed by atoms with Gasteiger partial charge in [-0.25, -0.2) is 24.1 Å². The summed E-state index contributed by atoms with van der Waals surface area (Å²) in [7, 11) is 1.68. The Balaban J connectivity index is 1.33. The van der Waals surface area contributed by atoms with Gasteiger partial charge in [-0.3, -0.25) is 0 Å². The van der Waals surface area contributed by atoms with Gasteiger partial charge in [-0.2, -0.15) is 0 Å². The van der Waals surface area contributed by atoms with E-state index < -0.39 is 17.8 Å². The Labute approximate surface area is 222 Å². The third kappa shape index (κ3) is 7.35. The highest BCUT2D eigenvalue weighted by atomic mass is 19.1. The summed E-state index contributed by atoms with van der Waals surface area (Å²) in [5.41, 5.74) is 2.55. The highest BCUT2D eigenvalue weighted by Crippen LogP contribution is 2.23. The molecule has 2 atom stereocenters. The number of rotatable bonds is 14. The normalized spacial score (nSPS) is 14.6. The third-order valence-electron chi connectivity index (χ3n) is 6.99. The van der Waals surface area contributed by atoms with Gasteiger partial charge in [0.1, 0.15) is 35.3 Å². The molecule has 1 aromatic carbocycles. The van der Waals surface area contributed by atoms with E-state index in [9.17, 15) is 14.3 Å². The first-order chi connectivity index (χ1) is 18.4. The van der Waals surface area contributed by atoms with E-state index >= 15 is 0 Å². The molecule has 0 saturated heterocycles. The summed E-state index contributed by atoms with van der Waals surface area (Å²) in [5, 5.41) is 16.7. The number of carbonyl (C=O) groups is 1. The lowest BCUT2D eigenvalue weighted by atomic mass is 10.1. The van der Waals surface area contributed by atoms with Crippen molar-refractivity contribution in [2.75, 3.05) is 43.9 Å². The smallest absolute Gasteiger partial charge is 0.326 e. The number of carboxylic acids is 1. The highest BCUT2D eigenvalue weighted by Gasteiger charge is 2.21. The number of halogens is 1. The van der Waals surface area contributed by atoms with Gasteiger partial charge in [0.2, 0.25) is 0 Å². The van der Waals surface area contributed by atoms with Crippen molar-refractivity contribution < 1.29 is 19.0 Å². The predicted octanol–water partition coefficient (Wildman–Crippen LogP) is 4.14. The van der Waals surface area contributed by atoms with Crippen molar-refractivity contribution >= 4 is 28.5 Å². The lowest BCUT2D eigenvalue weighted by Gasteiger charge is -2.27. The van der Waals surface area contributed by atoms with E-state index in [1.165, 1.54) is 18.0 Å². The van der Waals surface area contributed by atoms with E-state index in [-0.39, 0.29) is 11.6 Å². The molecule has 10 heteroatoms. The molecular weight excluding hydrogens is 487 g/mol. The Hall–Kier alpha value is -3.37. The monoisotopic (exact) mass is 524 g/mol. The van der Waals surface area contributed by atoms with Crippen LogP contribution in [0, 0.1) is 5.82 Å². The number of hydrogen-bond donors (Lipinski definition) is 3. The lowest BCUT2D eigenvalue weighted by Crippen LogP contribution is -2.38. The van der Waals surface area contributed by atoms with Gasteiger partial charge in [-0.1, -0.05) is 12.1 Å². The van der Waals surface area contributed by atoms with E-state index in [2.05, 4.69) is 37.6 Å². The number of carboxylic acid groups (broad SMARTS) is 1. The minimum atomic E-state index is -0.986. The number of aliphatic carboxylic acids is 1. The number of nitrogens with zero attached hydrogens (tertiary/aromatic N) is 4. The molecule has 1 aliphatic heterocycles. The number of aromatic nitrogens is 3. The van der Waals surface area contributed by atoms with Crippen LogP contribution in [0.3, 0.4) is 0 Å². The molecule has 2 aromatic heterocycles. The fourth-order valence-corrected chi connectivity index (χ4v) is 4.78. The van der Waals surface area contributed by atoms with Crippen LogP contribution in [0.1, 0.15) is 43.9 Å². The number of anilines is 2. The molecule has 3 N–H and O–H groups in total. The maximum absolute atomic E-state index is 14.1. The average Bonchev–Trinajstić information content (AvgIpc) is 2.93. The molecule has 4 rings (SSSR count). The van der Waals surface area contributed by atoms with Gasteiger partial charge in [0, 0.05) is 37.8 Å². The topological polar surface area (TPSA) is 113 Å². The van der Waals surface area contributed by atoms with Gasteiger partial charge < -0.3 is 25.4 Å². The molecule has 0 bridgehead atoms. The number of benzene rings is 1. The van der Waals surface area contributed by atoms with Crippen molar-refractivity contribution in [3.05, 3.63) is 53.7 Å². The Kier molecular flexibility index (Phi) is 9.78. The first kappa shape index (κ1) is 27.7. The zero-order chi connectivity index (χ0) is 26.9. The van der Waals surface area contributed by atoms with Crippen molar-refractivity contribution in [3.63, 3.8) is 0 Å². The number of methoxy groups -OCH3 is 1.